The highest BCUT2D eigenvalue weighted by Gasteiger charge is 2.11. The monoisotopic (exact) mass is 269 g/mol. The second-order valence-electron chi connectivity index (χ2n) is 4.50. The quantitative estimate of drug-likeness (QED) is 0.794. The van der Waals surface area contributed by atoms with Crippen molar-refractivity contribution in [3.8, 4) is 11.4 Å². The summed E-state index contributed by atoms with van der Waals surface area (Å²) in [6, 6.07) is 10.3. The summed E-state index contributed by atoms with van der Waals surface area (Å²) in [6.45, 7) is 2.73. The van der Waals surface area contributed by atoms with Crippen molar-refractivity contribution < 1.29 is 0 Å². The largest absolute Gasteiger partial charge is 0.330 e. The predicted octanol–water partition coefficient (Wildman–Crippen LogP) is 3.17. The number of hydrogen-bond donors (Lipinski definition) is 1. The first-order valence-corrected chi connectivity index (χ1v) is 7.11. The van der Waals surface area contributed by atoms with Crippen molar-refractivity contribution in [1.29, 1.82) is 0 Å². The number of fused-ring (bicyclic) bond motifs is 1. The van der Waals surface area contributed by atoms with Crippen LogP contribution in [-0.2, 0) is 6.42 Å². The Morgan fingerprint density at radius 3 is 2.89 bits per heavy atom. The van der Waals surface area contributed by atoms with E-state index >= 15 is 0 Å². The first-order valence-electron chi connectivity index (χ1n) is 6.29. The molecule has 0 saturated heterocycles. The third-order valence-corrected chi connectivity index (χ3v) is 3.99. The Hall–Kier alpha value is -1.78. The van der Waals surface area contributed by atoms with Crippen LogP contribution in [0, 0.1) is 6.92 Å². The highest BCUT2D eigenvalue weighted by Crippen LogP contribution is 2.29. The average Bonchev–Trinajstić information content (AvgIpc) is 2.78. The number of aryl methyl sites for hydroxylation is 1. The molecule has 3 nitrogen and oxygen atoms in total. The smallest absolute Gasteiger partial charge is 0.124 e. The number of nitrogens with two attached hydrogens (primary N) is 1. The second-order valence-corrected chi connectivity index (χ2v) is 5.74. The lowest BCUT2D eigenvalue weighted by Gasteiger charge is -2.07. The summed E-state index contributed by atoms with van der Waals surface area (Å²) in [4.78, 5) is 11.5. The van der Waals surface area contributed by atoms with Gasteiger partial charge in [-0.25, -0.2) is 4.98 Å². The summed E-state index contributed by atoms with van der Waals surface area (Å²) < 4.78 is 0. The Balaban J connectivity index is 2.23. The number of hydrogen-bond acceptors (Lipinski definition) is 4. The molecule has 3 rings (SSSR count). The molecule has 0 aromatic carbocycles. The summed E-state index contributed by atoms with van der Waals surface area (Å²) in [5, 5.41) is 1.20. The lowest BCUT2D eigenvalue weighted by Crippen LogP contribution is -2.05. The van der Waals surface area contributed by atoms with Crippen LogP contribution in [0.25, 0.3) is 21.6 Å². The van der Waals surface area contributed by atoms with Gasteiger partial charge in [-0.15, -0.1) is 11.3 Å². The maximum atomic E-state index is 5.71. The normalized spacial score (nSPS) is 11.1. The molecule has 19 heavy (non-hydrogen) atoms. The van der Waals surface area contributed by atoms with Crippen LogP contribution in [0.1, 0.15) is 10.4 Å². The zero-order valence-electron chi connectivity index (χ0n) is 10.8. The minimum atomic E-state index is 0.621. The highest BCUT2D eigenvalue weighted by atomic mass is 32.1. The minimum absolute atomic E-state index is 0.621. The molecule has 0 spiro atoms. The molecule has 96 valence electrons. The number of thiophene rings is 1. The minimum Gasteiger partial charge on any atom is -0.330 e. The highest BCUT2D eigenvalue weighted by molar-refractivity contribution is 7.18. The third-order valence-electron chi connectivity index (χ3n) is 3.03. The molecular formula is C15H15N3S. The van der Waals surface area contributed by atoms with Gasteiger partial charge in [-0.2, -0.15) is 0 Å². The number of aromatic nitrogens is 2. The second kappa shape index (κ2) is 5.07. The average molecular weight is 269 g/mol. The van der Waals surface area contributed by atoms with Crippen LogP contribution in [0.15, 0.2) is 36.5 Å². The van der Waals surface area contributed by atoms with Crippen LogP contribution < -0.4 is 5.73 Å². The molecule has 3 heterocycles. The molecule has 3 aromatic heterocycles. The van der Waals surface area contributed by atoms with Gasteiger partial charge in [-0.05, 0) is 49.7 Å². The molecule has 0 atom stereocenters. The van der Waals surface area contributed by atoms with Gasteiger partial charge < -0.3 is 5.73 Å². The summed E-state index contributed by atoms with van der Waals surface area (Å²) in [6.07, 6.45) is 2.62. The maximum Gasteiger partial charge on any atom is 0.124 e. The van der Waals surface area contributed by atoms with E-state index in [0.29, 0.717) is 6.54 Å². The van der Waals surface area contributed by atoms with Crippen molar-refractivity contribution in [3.05, 3.63) is 47.0 Å². The lowest BCUT2D eigenvalue weighted by molar-refractivity contribution is 0.964. The van der Waals surface area contributed by atoms with E-state index < -0.39 is 0 Å². The summed E-state index contributed by atoms with van der Waals surface area (Å²) in [7, 11) is 0. The molecule has 0 unspecified atom stereocenters. The van der Waals surface area contributed by atoms with Crippen LogP contribution in [0.5, 0.6) is 0 Å². The molecule has 0 bridgehead atoms. The van der Waals surface area contributed by atoms with Crippen molar-refractivity contribution in [2.24, 2.45) is 5.73 Å². The van der Waals surface area contributed by atoms with E-state index in [9.17, 15) is 0 Å². The van der Waals surface area contributed by atoms with E-state index in [0.717, 1.165) is 22.6 Å². The third kappa shape index (κ3) is 2.37. The molecule has 4 heteroatoms. The fraction of sp³-hybridized carbons (Fsp3) is 0.200. The molecule has 0 aliphatic carbocycles. The van der Waals surface area contributed by atoms with Crippen LogP contribution in [0.4, 0.5) is 0 Å². The van der Waals surface area contributed by atoms with Crippen LogP contribution in [0.3, 0.4) is 0 Å². The summed E-state index contributed by atoms with van der Waals surface area (Å²) in [5.41, 5.74) is 8.76. The Morgan fingerprint density at radius 2 is 2.16 bits per heavy atom. The SMILES string of the molecule is Cc1cc2cc(CCN)c(-c3ccccn3)nc2s1. The van der Waals surface area contributed by atoms with E-state index in [1.165, 1.54) is 15.8 Å². The Morgan fingerprint density at radius 1 is 1.26 bits per heavy atom. The van der Waals surface area contributed by atoms with Crippen molar-refractivity contribution in [2.45, 2.75) is 13.3 Å². The molecule has 3 aromatic rings. The zero-order chi connectivity index (χ0) is 13.2. The lowest BCUT2D eigenvalue weighted by atomic mass is 10.1. The van der Waals surface area contributed by atoms with Gasteiger partial charge >= 0.3 is 0 Å². The topological polar surface area (TPSA) is 51.8 Å². The van der Waals surface area contributed by atoms with Gasteiger partial charge in [0, 0.05) is 16.5 Å². The van der Waals surface area contributed by atoms with Gasteiger partial charge in [-0.3, -0.25) is 4.98 Å². The molecule has 0 radical (unpaired) electrons. The van der Waals surface area contributed by atoms with E-state index in [2.05, 4.69) is 24.0 Å². The van der Waals surface area contributed by atoms with Crippen LogP contribution in [-0.4, -0.2) is 16.5 Å². The van der Waals surface area contributed by atoms with Gasteiger partial charge in [0.15, 0.2) is 0 Å². The Kier molecular flexibility index (Phi) is 3.27. The van der Waals surface area contributed by atoms with E-state index in [-0.39, 0.29) is 0 Å². The fourth-order valence-electron chi connectivity index (χ4n) is 2.21. The Labute approximate surface area is 116 Å². The van der Waals surface area contributed by atoms with Gasteiger partial charge in [0.25, 0.3) is 0 Å². The molecule has 0 fully saturated rings. The van der Waals surface area contributed by atoms with Gasteiger partial charge in [0.1, 0.15) is 4.83 Å². The maximum absolute atomic E-state index is 5.71. The predicted molar refractivity (Wildman–Crippen MR) is 80.3 cm³/mol. The van der Waals surface area contributed by atoms with Crippen molar-refractivity contribution in [1.82, 2.24) is 9.97 Å². The van der Waals surface area contributed by atoms with Crippen molar-refractivity contribution >= 4 is 21.6 Å². The standard InChI is InChI=1S/C15H15N3S/c1-10-8-12-9-11(5-6-16)14(18-15(12)19-10)13-4-2-3-7-17-13/h2-4,7-9H,5-6,16H2,1H3. The summed E-state index contributed by atoms with van der Waals surface area (Å²) in [5.74, 6) is 0. The van der Waals surface area contributed by atoms with Gasteiger partial charge in [-0.1, -0.05) is 6.07 Å². The zero-order valence-corrected chi connectivity index (χ0v) is 11.6. The molecule has 0 aliphatic rings. The number of nitrogens with zero attached hydrogens (tertiary/aromatic N) is 2. The first kappa shape index (κ1) is 12.3. The number of pyridine rings is 2. The molecule has 2 N–H and O–H groups in total. The molecular weight excluding hydrogens is 254 g/mol. The van der Waals surface area contributed by atoms with E-state index in [1.54, 1.807) is 17.5 Å². The molecule has 0 saturated carbocycles. The number of rotatable bonds is 3. The Bertz CT molecular complexity index is 704. The van der Waals surface area contributed by atoms with Gasteiger partial charge in [0.2, 0.25) is 0 Å². The molecule has 0 aliphatic heterocycles. The van der Waals surface area contributed by atoms with Crippen molar-refractivity contribution in [2.75, 3.05) is 6.54 Å². The molecule has 0 amide bonds. The van der Waals surface area contributed by atoms with Crippen LogP contribution in [0.2, 0.25) is 0 Å². The van der Waals surface area contributed by atoms with Gasteiger partial charge in [0.05, 0.1) is 11.4 Å². The van der Waals surface area contributed by atoms with E-state index in [1.807, 2.05) is 18.2 Å². The van der Waals surface area contributed by atoms with Crippen LogP contribution >= 0.6 is 11.3 Å². The summed E-state index contributed by atoms with van der Waals surface area (Å²) >= 11 is 1.72. The van der Waals surface area contributed by atoms with Crippen molar-refractivity contribution in [3.63, 3.8) is 0 Å². The van der Waals surface area contributed by atoms with E-state index in [4.69, 9.17) is 10.7 Å². The first-order chi connectivity index (χ1) is 9.28. The fourth-order valence-corrected chi connectivity index (χ4v) is 3.08.